The summed E-state index contributed by atoms with van der Waals surface area (Å²) in [6, 6.07) is 8.24. The van der Waals surface area contributed by atoms with Gasteiger partial charge in [-0.2, -0.15) is 0 Å². The van der Waals surface area contributed by atoms with E-state index in [0.717, 1.165) is 5.69 Å². The van der Waals surface area contributed by atoms with Crippen molar-refractivity contribution in [3.63, 3.8) is 0 Å². The van der Waals surface area contributed by atoms with Crippen LogP contribution in [0, 0.1) is 5.92 Å². The zero-order valence-corrected chi connectivity index (χ0v) is 15.1. The third-order valence-electron chi connectivity index (χ3n) is 3.58. The molecule has 0 saturated carbocycles. The standard InChI is InChI=1S/C19H26N4O/c1-13(2)10-22-18(24)16-11-21-17(12-20-16)23-15-8-6-14(7-9-15)19(3,4)5/h6-9,11-13H,10H2,1-5H3,(H,21,23)(H,22,24). The molecule has 0 radical (unpaired) electrons. The van der Waals surface area contributed by atoms with Gasteiger partial charge in [-0.1, -0.05) is 46.8 Å². The molecule has 0 aliphatic heterocycles. The van der Waals surface area contributed by atoms with Crippen LogP contribution in [-0.4, -0.2) is 22.4 Å². The lowest BCUT2D eigenvalue weighted by Crippen LogP contribution is -2.28. The molecule has 2 aromatic rings. The molecule has 0 aliphatic carbocycles. The van der Waals surface area contributed by atoms with Crippen LogP contribution >= 0.6 is 0 Å². The van der Waals surface area contributed by atoms with Gasteiger partial charge in [-0.3, -0.25) is 4.79 Å². The molecule has 128 valence electrons. The van der Waals surface area contributed by atoms with Crippen LogP contribution in [0.25, 0.3) is 0 Å². The molecule has 0 unspecified atom stereocenters. The molecule has 0 atom stereocenters. The minimum Gasteiger partial charge on any atom is -0.350 e. The zero-order valence-electron chi connectivity index (χ0n) is 15.1. The molecule has 24 heavy (non-hydrogen) atoms. The molecule has 1 amide bonds. The van der Waals surface area contributed by atoms with Crippen molar-refractivity contribution in [2.45, 2.75) is 40.0 Å². The van der Waals surface area contributed by atoms with Gasteiger partial charge in [-0.15, -0.1) is 0 Å². The van der Waals surface area contributed by atoms with E-state index < -0.39 is 0 Å². The van der Waals surface area contributed by atoms with Crippen molar-refractivity contribution in [1.29, 1.82) is 0 Å². The third kappa shape index (κ3) is 5.05. The fraction of sp³-hybridized carbons (Fsp3) is 0.421. The highest BCUT2D eigenvalue weighted by atomic mass is 16.1. The number of carbonyl (C=O) groups excluding carboxylic acids is 1. The van der Waals surface area contributed by atoms with E-state index >= 15 is 0 Å². The predicted octanol–water partition coefficient (Wildman–Crippen LogP) is 3.90. The quantitative estimate of drug-likeness (QED) is 0.874. The number of amides is 1. The first-order valence-corrected chi connectivity index (χ1v) is 8.23. The Morgan fingerprint density at radius 3 is 2.25 bits per heavy atom. The first-order valence-electron chi connectivity index (χ1n) is 8.23. The van der Waals surface area contributed by atoms with Gasteiger partial charge in [0.25, 0.3) is 5.91 Å². The van der Waals surface area contributed by atoms with Crippen molar-refractivity contribution < 1.29 is 4.79 Å². The fourth-order valence-electron chi connectivity index (χ4n) is 2.10. The highest BCUT2D eigenvalue weighted by Gasteiger charge is 2.13. The average molecular weight is 326 g/mol. The van der Waals surface area contributed by atoms with Crippen molar-refractivity contribution >= 4 is 17.4 Å². The summed E-state index contributed by atoms with van der Waals surface area (Å²) in [5, 5.41) is 6.02. The zero-order chi connectivity index (χ0) is 17.7. The first kappa shape index (κ1) is 17.9. The molecular weight excluding hydrogens is 300 g/mol. The Morgan fingerprint density at radius 2 is 1.75 bits per heavy atom. The van der Waals surface area contributed by atoms with Gasteiger partial charge in [0, 0.05) is 12.2 Å². The highest BCUT2D eigenvalue weighted by molar-refractivity contribution is 5.92. The predicted molar refractivity (Wildman–Crippen MR) is 97.6 cm³/mol. The molecule has 0 bridgehead atoms. The van der Waals surface area contributed by atoms with E-state index in [4.69, 9.17) is 0 Å². The summed E-state index contributed by atoms with van der Waals surface area (Å²) >= 11 is 0. The maximum absolute atomic E-state index is 11.9. The van der Waals surface area contributed by atoms with Crippen molar-refractivity contribution in [3.8, 4) is 0 Å². The number of anilines is 2. The lowest BCUT2D eigenvalue weighted by atomic mass is 9.87. The Hall–Kier alpha value is -2.43. The smallest absolute Gasteiger partial charge is 0.271 e. The Labute approximate surface area is 143 Å². The molecule has 0 saturated heterocycles. The normalized spacial score (nSPS) is 11.4. The number of hydrogen-bond acceptors (Lipinski definition) is 4. The van der Waals surface area contributed by atoms with E-state index in [1.165, 1.54) is 11.8 Å². The highest BCUT2D eigenvalue weighted by Crippen LogP contribution is 2.24. The summed E-state index contributed by atoms with van der Waals surface area (Å²) in [5.74, 6) is 0.815. The molecule has 0 fully saturated rings. The molecule has 5 heteroatoms. The van der Waals surface area contributed by atoms with E-state index in [1.54, 1.807) is 6.20 Å². The van der Waals surface area contributed by atoms with Gasteiger partial charge >= 0.3 is 0 Å². The van der Waals surface area contributed by atoms with Crippen LogP contribution < -0.4 is 10.6 Å². The van der Waals surface area contributed by atoms with Gasteiger partial charge < -0.3 is 10.6 Å². The van der Waals surface area contributed by atoms with Crippen LogP contribution in [0.5, 0.6) is 0 Å². The van der Waals surface area contributed by atoms with Crippen LogP contribution in [0.2, 0.25) is 0 Å². The maximum atomic E-state index is 11.9. The summed E-state index contributed by atoms with van der Waals surface area (Å²) in [7, 11) is 0. The summed E-state index contributed by atoms with van der Waals surface area (Å²) in [5.41, 5.74) is 2.67. The van der Waals surface area contributed by atoms with Gasteiger partial charge in [-0.25, -0.2) is 9.97 Å². The lowest BCUT2D eigenvalue weighted by Gasteiger charge is -2.19. The van der Waals surface area contributed by atoms with Crippen LogP contribution in [-0.2, 0) is 5.41 Å². The van der Waals surface area contributed by atoms with Gasteiger partial charge in [0.05, 0.1) is 12.4 Å². The number of rotatable bonds is 5. The molecule has 1 aromatic heterocycles. The van der Waals surface area contributed by atoms with Crippen molar-refractivity contribution in [1.82, 2.24) is 15.3 Å². The van der Waals surface area contributed by atoms with Gasteiger partial charge in [0.1, 0.15) is 11.5 Å². The minimum atomic E-state index is -0.197. The first-order chi connectivity index (χ1) is 11.3. The minimum absolute atomic E-state index is 0.128. The summed E-state index contributed by atoms with van der Waals surface area (Å²) in [6.45, 7) is 11.3. The van der Waals surface area contributed by atoms with Crippen LogP contribution in [0.4, 0.5) is 11.5 Å². The number of carbonyl (C=O) groups is 1. The monoisotopic (exact) mass is 326 g/mol. The number of benzene rings is 1. The Morgan fingerprint density at radius 1 is 1.08 bits per heavy atom. The van der Waals surface area contributed by atoms with E-state index in [2.05, 4.69) is 53.5 Å². The number of nitrogens with one attached hydrogen (secondary N) is 2. The Balaban J connectivity index is 2.00. The SMILES string of the molecule is CC(C)CNC(=O)c1cnc(Nc2ccc(C(C)(C)C)cc2)cn1. The van der Waals surface area contributed by atoms with Crippen LogP contribution in [0.1, 0.15) is 50.7 Å². The van der Waals surface area contributed by atoms with E-state index in [9.17, 15) is 4.79 Å². The Bertz CT molecular complexity index is 670. The maximum Gasteiger partial charge on any atom is 0.271 e. The van der Waals surface area contributed by atoms with E-state index in [-0.39, 0.29) is 11.3 Å². The average Bonchev–Trinajstić information content (AvgIpc) is 2.53. The van der Waals surface area contributed by atoms with Gasteiger partial charge in [0.2, 0.25) is 0 Å². The molecule has 0 spiro atoms. The van der Waals surface area contributed by atoms with Crippen molar-refractivity contribution in [2.24, 2.45) is 5.92 Å². The van der Waals surface area contributed by atoms with E-state index in [0.29, 0.717) is 24.0 Å². The summed E-state index contributed by atoms with van der Waals surface area (Å²) in [6.07, 6.45) is 3.06. The molecule has 1 aromatic carbocycles. The van der Waals surface area contributed by atoms with Crippen LogP contribution in [0.15, 0.2) is 36.7 Å². The third-order valence-corrected chi connectivity index (χ3v) is 3.58. The molecule has 5 nitrogen and oxygen atoms in total. The molecule has 2 rings (SSSR count). The van der Waals surface area contributed by atoms with Crippen molar-refractivity contribution in [3.05, 3.63) is 47.9 Å². The number of hydrogen-bond donors (Lipinski definition) is 2. The second-order valence-electron chi connectivity index (χ2n) is 7.34. The van der Waals surface area contributed by atoms with Gasteiger partial charge in [-0.05, 0) is 29.0 Å². The number of nitrogens with zero attached hydrogens (tertiary/aromatic N) is 2. The topological polar surface area (TPSA) is 66.9 Å². The molecule has 1 heterocycles. The van der Waals surface area contributed by atoms with E-state index in [1.807, 2.05) is 26.0 Å². The second kappa shape index (κ2) is 7.43. The van der Waals surface area contributed by atoms with Gasteiger partial charge in [0.15, 0.2) is 0 Å². The molecule has 2 N–H and O–H groups in total. The second-order valence-corrected chi connectivity index (χ2v) is 7.34. The molecule has 0 aliphatic rings. The Kier molecular flexibility index (Phi) is 5.54. The largest absolute Gasteiger partial charge is 0.350 e. The summed E-state index contributed by atoms with van der Waals surface area (Å²) < 4.78 is 0. The molecular formula is C19H26N4O. The van der Waals surface area contributed by atoms with Crippen LogP contribution in [0.3, 0.4) is 0 Å². The lowest BCUT2D eigenvalue weighted by molar-refractivity contribution is 0.0943. The van der Waals surface area contributed by atoms with Crippen molar-refractivity contribution in [2.75, 3.05) is 11.9 Å². The number of aromatic nitrogens is 2. The summed E-state index contributed by atoms with van der Waals surface area (Å²) in [4.78, 5) is 20.3. The fourth-order valence-corrected chi connectivity index (χ4v) is 2.10.